The van der Waals surface area contributed by atoms with Crippen molar-refractivity contribution >= 4 is 17.8 Å². The third kappa shape index (κ3) is 9.25. The summed E-state index contributed by atoms with van der Waals surface area (Å²) in [6.45, 7) is 2.39. The summed E-state index contributed by atoms with van der Waals surface area (Å²) in [6.07, 6.45) is 1.40. The van der Waals surface area contributed by atoms with E-state index >= 15 is 0 Å². The highest BCUT2D eigenvalue weighted by molar-refractivity contribution is 6.27. The number of carboxylic acid groups (broad SMARTS) is 2. The number of carboxylic acids is 2. The average molecular weight is 468 g/mol. The van der Waals surface area contributed by atoms with Crippen LogP contribution in [0.4, 0.5) is 10.2 Å². The zero-order valence-corrected chi connectivity index (χ0v) is 18.5. The van der Waals surface area contributed by atoms with Crippen molar-refractivity contribution in [3.8, 4) is 0 Å². The first-order chi connectivity index (χ1) is 15.6. The summed E-state index contributed by atoms with van der Waals surface area (Å²) in [4.78, 5) is 43.9. The second kappa shape index (κ2) is 13.8. The van der Waals surface area contributed by atoms with Gasteiger partial charge in [0.25, 0.3) is 5.56 Å². The molecule has 0 amide bonds. The lowest BCUT2D eigenvalue weighted by Crippen LogP contribution is -2.38. The Morgan fingerprint density at radius 3 is 2.24 bits per heavy atom. The molecule has 0 aliphatic carbocycles. The first kappa shape index (κ1) is 27.5. The maximum atomic E-state index is 13.7. The molecule has 0 radical (unpaired) electrons. The fourth-order valence-corrected chi connectivity index (χ4v) is 2.92. The summed E-state index contributed by atoms with van der Waals surface area (Å²) >= 11 is 0. The number of aliphatic hydroxyl groups excluding tert-OH is 1. The van der Waals surface area contributed by atoms with Gasteiger partial charge in [0.1, 0.15) is 11.6 Å². The van der Waals surface area contributed by atoms with E-state index in [1.165, 1.54) is 23.7 Å². The molecule has 2 rings (SSSR count). The van der Waals surface area contributed by atoms with Gasteiger partial charge in [0.15, 0.2) is 0 Å². The van der Waals surface area contributed by atoms with Crippen molar-refractivity contribution < 1.29 is 29.3 Å². The third-order valence-electron chi connectivity index (χ3n) is 4.74. The van der Waals surface area contributed by atoms with E-state index in [1.807, 2.05) is 6.07 Å². The predicted octanol–water partition coefficient (Wildman–Crippen LogP) is -0.282. The molecule has 2 aromatic rings. The molecule has 1 aromatic heterocycles. The van der Waals surface area contributed by atoms with E-state index in [-0.39, 0.29) is 23.7 Å². The van der Waals surface area contributed by atoms with Crippen LogP contribution in [-0.4, -0.2) is 74.1 Å². The number of aromatic nitrogens is 2. The van der Waals surface area contributed by atoms with Gasteiger partial charge in [-0.05, 0) is 31.0 Å². The van der Waals surface area contributed by atoms with Crippen LogP contribution in [0.3, 0.4) is 0 Å². The average Bonchev–Trinajstić information content (AvgIpc) is 2.77. The summed E-state index contributed by atoms with van der Waals surface area (Å²) < 4.78 is 16.1. The molecular formula is C21H29FN4O7. The van der Waals surface area contributed by atoms with Gasteiger partial charge in [0, 0.05) is 39.8 Å². The number of nitrogens with one attached hydrogen (secondary N) is 1. The molecule has 0 aliphatic rings. The van der Waals surface area contributed by atoms with E-state index in [0.29, 0.717) is 44.0 Å². The van der Waals surface area contributed by atoms with Crippen LogP contribution in [0.1, 0.15) is 12.0 Å². The summed E-state index contributed by atoms with van der Waals surface area (Å²) in [5, 5.41) is 27.1. The monoisotopic (exact) mass is 468 g/mol. The Morgan fingerprint density at radius 1 is 1.03 bits per heavy atom. The van der Waals surface area contributed by atoms with Crippen LogP contribution >= 0.6 is 0 Å². The molecule has 0 saturated carbocycles. The number of aliphatic carboxylic acids is 2. The molecule has 0 aliphatic heterocycles. The lowest BCUT2D eigenvalue weighted by Gasteiger charge is -2.22. The lowest BCUT2D eigenvalue weighted by molar-refractivity contribution is -0.159. The minimum absolute atomic E-state index is 0.0318. The van der Waals surface area contributed by atoms with Crippen molar-refractivity contribution in [2.24, 2.45) is 14.1 Å². The van der Waals surface area contributed by atoms with Crippen LogP contribution in [0.25, 0.3) is 0 Å². The van der Waals surface area contributed by atoms with Crippen molar-refractivity contribution in [2.75, 3.05) is 38.1 Å². The third-order valence-corrected chi connectivity index (χ3v) is 4.74. The highest BCUT2D eigenvalue weighted by Crippen LogP contribution is 2.09. The molecule has 0 bridgehead atoms. The van der Waals surface area contributed by atoms with Crippen LogP contribution < -0.4 is 16.6 Å². The Balaban J connectivity index is 0.000000801. The smallest absolute Gasteiger partial charge is 0.414 e. The van der Waals surface area contributed by atoms with E-state index in [9.17, 15) is 19.1 Å². The van der Waals surface area contributed by atoms with Crippen LogP contribution in [0.15, 0.2) is 39.9 Å². The standard InChI is InChI=1S/C19H27FN4O3.C2H2O4/c1-22-17(14-18(26)23(2)19(22)27)21-9-11-24(12-13-25)10-5-7-15-6-3-4-8-16(15)20;3-1(4)2(5)6/h3-4,6,8,14,21,25H,5,7,9-13H2,1-2H3;(H,3,4)(H,5,6). The number of hydrogen-bond donors (Lipinski definition) is 4. The molecule has 12 heteroatoms. The molecule has 0 atom stereocenters. The number of benzene rings is 1. The van der Waals surface area contributed by atoms with Crippen molar-refractivity contribution in [3.05, 3.63) is 62.6 Å². The van der Waals surface area contributed by atoms with Gasteiger partial charge in [-0.2, -0.15) is 0 Å². The normalized spacial score (nSPS) is 10.5. The second-order valence-electron chi connectivity index (χ2n) is 7.07. The predicted molar refractivity (Wildman–Crippen MR) is 119 cm³/mol. The first-order valence-electron chi connectivity index (χ1n) is 10.1. The van der Waals surface area contributed by atoms with Crippen LogP contribution in [0.5, 0.6) is 0 Å². The van der Waals surface area contributed by atoms with E-state index in [0.717, 1.165) is 11.0 Å². The van der Waals surface area contributed by atoms with Gasteiger partial charge in [-0.1, -0.05) is 18.2 Å². The molecule has 0 saturated heterocycles. The Bertz CT molecular complexity index is 1040. The molecule has 4 N–H and O–H groups in total. The number of aryl methyl sites for hydroxylation is 1. The van der Waals surface area contributed by atoms with Crippen molar-refractivity contribution in [1.82, 2.24) is 14.0 Å². The van der Waals surface area contributed by atoms with E-state index in [2.05, 4.69) is 10.2 Å². The second-order valence-corrected chi connectivity index (χ2v) is 7.07. The van der Waals surface area contributed by atoms with Gasteiger partial charge < -0.3 is 20.6 Å². The molecule has 33 heavy (non-hydrogen) atoms. The molecular weight excluding hydrogens is 439 g/mol. The highest BCUT2D eigenvalue weighted by Gasteiger charge is 2.08. The topological polar surface area (TPSA) is 154 Å². The maximum Gasteiger partial charge on any atom is 0.414 e. The van der Waals surface area contributed by atoms with Crippen LogP contribution in [-0.2, 0) is 30.1 Å². The largest absolute Gasteiger partial charge is 0.473 e. The molecule has 0 unspecified atom stereocenters. The summed E-state index contributed by atoms with van der Waals surface area (Å²) in [6, 6.07) is 8.12. The van der Waals surface area contributed by atoms with Crippen molar-refractivity contribution in [1.29, 1.82) is 0 Å². The zero-order valence-electron chi connectivity index (χ0n) is 18.5. The number of aliphatic hydroxyl groups is 1. The number of carbonyl (C=O) groups is 2. The quantitative estimate of drug-likeness (QED) is 0.345. The fourth-order valence-electron chi connectivity index (χ4n) is 2.92. The Labute approximate surface area is 189 Å². The zero-order chi connectivity index (χ0) is 25.0. The number of anilines is 1. The minimum atomic E-state index is -1.82. The molecule has 1 aromatic carbocycles. The number of halogens is 1. The van der Waals surface area contributed by atoms with Crippen LogP contribution in [0, 0.1) is 5.82 Å². The fraction of sp³-hybridized carbons (Fsp3) is 0.429. The van der Waals surface area contributed by atoms with E-state index < -0.39 is 11.9 Å². The Kier molecular flexibility index (Phi) is 11.5. The summed E-state index contributed by atoms with van der Waals surface area (Å²) in [7, 11) is 3.04. The molecule has 0 fully saturated rings. The van der Waals surface area contributed by atoms with Gasteiger partial charge in [-0.25, -0.2) is 18.8 Å². The van der Waals surface area contributed by atoms with Crippen molar-refractivity contribution in [2.45, 2.75) is 12.8 Å². The van der Waals surface area contributed by atoms with Crippen LogP contribution in [0.2, 0.25) is 0 Å². The van der Waals surface area contributed by atoms with Gasteiger partial charge >= 0.3 is 17.6 Å². The first-order valence-corrected chi connectivity index (χ1v) is 10.1. The van der Waals surface area contributed by atoms with Crippen molar-refractivity contribution in [3.63, 3.8) is 0 Å². The molecule has 182 valence electrons. The van der Waals surface area contributed by atoms with E-state index in [1.54, 1.807) is 19.2 Å². The summed E-state index contributed by atoms with van der Waals surface area (Å²) in [5.74, 6) is -3.39. The molecule has 1 heterocycles. The Morgan fingerprint density at radius 2 is 1.67 bits per heavy atom. The molecule has 11 nitrogen and oxygen atoms in total. The van der Waals surface area contributed by atoms with Gasteiger partial charge in [-0.15, -0.1) is 0 Å². The number of rotatable bonds is 10. The number of nitrogens with zero attached hydrogens (tertiary/aromatic N) is 3. The highest BCUT2D eigenvalue weighted by atomic mass is 19.1. The summed E-state index contributed by atoms with van der Waals surface area (Å²) in [5.41, 5.74) is -0.0606. The van der Waals surface area contributed by atoms with Gasteiger partial charge in [0.2, 0.25) is 0 Å². The number of hydrogen-bond acceptors (Lipinski definition) is 7. The van der Waals surface area contributed by atoms with Gasteiger partial charge in [-0.3, -0.25) is 18.8 Å². The minimum Gasteiger partial charge on any atom is -0.473 e. The van der Waals surface area contributed by atoms with E-state index in [4.69, 9.17) is 19.8 Å². The van der Waals surface area contributed by atoms with Gasteiger partial charge in [0.05, 0.1) is 6.61 Å². The Hall–Kier alpha value is -3.51. The maximum absolute atomic E-state index is 13.7. The molecule has 0 spiro atoms. The SMILES string of the molecule is Cn1c(NCCN(CCO)CCCc2ccccc2F)cc(=O)n(C)c1=O.O=C(O)C(=O)O. The lowest BCUT2D eigenvalue weighted by atomic mass is 10.1.